The third-order valence-corrected chi connectivity index (χ3v) is 9.69. The van der Waals surface area contributed by atoms with Crippen molar-refractivity contribution in [3.63, 3.8) is 0 Å². The van der Waals surface area contributed by atoms with Crippen LogP contribution in [0.15, 0.2) is 120 Å². The number of nitrogens with one attached hydrogen (secondary N) is 2. The molecule has 1 unspecified atom stereocenters. The fourth-order valence-corrected chi connectivity index (χ4v) is 6.98. The Labute approximate surface area is 329 Å². The summed E-state index contributed by atoms with van der Waals surface area (Å²) >= 11 is 0. The molecular formula is C43H45N5O9. The monoisotopic (exact) mass is 775 g/mol. The second kappa shape index (κ2) is 16.2. The van der Waals surface area contributed by atoms with Gasteiger partial charge in [-0.2, -0.15) is 4.98 Å². The van der Waals surface area contributed by atoms with Gasteiger partial charge in [-0.15, -0.1) is 0 Å². The number of Topliss-reactive ketones (excluding diaryl/α,β-unsaturated/α-hetero) is 1. The summed E-state index contributed by atoms with van der Waals surface area (Å²) in [5.41, 5.74) is -0.527. The minimum Gasteiger partial charge on any atom is -0.497 e. The number of ketones is 1. The van der Waals surface area contributed by atoms with Gasteiger partial charge in [-0.1, -0.05) is 72.8 Å². The van der Waals surface area contributed by atoms with Crippen molar-refractivity contribution in [2.24, 2.45) is 0 Å². The number of para-hydroxylation sites is 1. The number of aliphatic hydroxyl groups excluding tert-OH is 2. The molecule has 0 amide bonds. The van der Waals surface area contributed by atoms with Gasteiger partial charge in [-0.25, -0.2) is 4.98 Å². The number of rotatable bonds is 14. The predicted molar refractivity (Wildman–Crippen MR) is 212 cm³/mol. The zero-order valence-corrected chi connectivity index (χ0v) is 32.2. The van der Waals surface area contributed by atoms with E-state index in [4.69, 9.17) is 23.7 Å². The highest BCUT2D eigenvalue weighted by Crippen LogP contribution is 2.45. The average molecular weight is 776 g/mol. The van der Waals surface area contributed by atoms with Crippen molar-refractivity contribution < 1.29 is 38.7 Å². The van der Waals surface area contributed by atoms with Crippen LogP contribution in [0.25, 0.3) is 11.2 Å². The van der Waals surface area contributed by atoms with Crippen LogP contribution in [0.4, 0.5) is 5.95 Å². The molecule has 6 aromatic rings. The quantitative estimate of drug-likeness (QED) is 0.109. The maximum atomic E-state index is 14.7. The second-order valence-corrected chi connectivity index (χ2v) is 14.7. The molecule has 3 heterocycles. The molecule has 14 heteroatoms. The molecule has 1 fully saturated rings. The first-order valence-corrected chi connectivity index (χ1v) is 18.4. The van der Waals surface area contributed by atoms with Gasteiger partial charge < -0.3 is 39.2 Å². The van der Waals surface area contributed by atoms with E-state index in [0.717, 1.165) is 0 Å². The van der Waals surface area contributed by atoms with Crippen molar-refractivity contribution in [2.45, 2.75) is 62.6 Å². The standard InChI is InChI=1S/C43H45N5O9/c1-42(2,3)47-41-45-38-33(39(52)46-41)44-25-48(38)40-35(51)34(50)37(56-40)36(32(49)24-55-31-14-10-7-11-15-31)57-43(26-12-8-6-9-13-26,27-16-20-29(53-4)21-17-27)28-18-22-30(54-5)23-19-28/h6-23,25,34-37,40,50-51H,24H2,1-5H3,(H2,45,46,47,52)/t34-,35+,36?,37-,40+/m0/s1. The van der Waals surface area contributed by atoms with Gasteiger partial charge in [0.1, 0.15) is 47.8 Å². The summed E-state index contributed by atoms with van der Waals surface area (Å²) in [5, 5.41) is 26.7. The number of imidazole rings is 1. The molecule has 1 aliphatic heterocycles. The van der Waals surface area contributed by atoms with Crippen LogP contribution in [0.5, 0.6) is 17.2 Å². The Hall–Kier alpha value is -6.06. The van der Waals surface area contributed by atoms with Crippen LogP contribution in [0.3, 0.4) is 0 Å². The normalized spacial score (nSPS) is 18.9. The fourth-order valence-electron chi connectivity index (χ4n) is 6.98. The topological polar surface area (TPSA) is 179 Å². The molecule has 1 saturated heterocycles. The third kappa shape index (κ3) is 7.98. The molecule has 0 radical (unpaired) electrons. The van der Waals surface area contributed by atoms with E-state index < -0.39 is 59.7 Å². The van der Waals surface area contributed by atoms with Gasteiger partial charge in [-0.3, -0.25) is 19.1 Å². The van der Waals surface area contributed by atoms with E-state index in [-0.39, 0.29) is 17.1 Å². The zero-order valence-electron chi connectivity index (χ0n) is 32.2. The number of anilines is 1. The predicted octanol–water partition coefficient (Wildman–Crippen LogP) is 4.99. The van der Waals surface area contributed by atoms with Crippen LogP contribution < -0.4 is 25.1 Å². The molecule has 2 aromatic heterocycles. The van der Waals surface area contributed by atoms with Crippen LogP contribution in [0, 0.1) is 0 Å². The van der Waals surface area contributed by atoms with Gasteiger partial charge in [0.05, 0.1) is 20.5 Å². The Balaban J connectivity index is 1.36. The molecule has 0 spiro atoms. The lowest BCUT2D eigenvalue weighted by atomic mass is 9.79. The van der Waals surface area contributed by atoms with Crippen LogP contribution in [0.2, 0.25) is 0 Å². The van der Waals surface area contributed by atoms with Crippen LogP contribution >= 0.6 is 0 Å². The SMILES string of the molecule is COc1ccc(C(OC(C(=O)COc2ccccc2)[C@H]2O[C@@H](n3cnc4c(=O)[nH]c(NC(C)(C)C)nc43)[C@H](O)[C@@H]2O)(c2ccccc2)c2ccc(OC)cc2)cc1. The van der Waals surface area contributed by atoms with E-state index in [2.05, 4.69) is 20.3 Å². The van der Waals surface area contributed by atoms with Gasteiger partial charge in [-0.05, 0) is 73.9 Å². The maximum absolute atomic E-state index is 14.7. The number of benzene rings is 4. The first-order chi connectivity index (χ1) is 27.4. The molecule has 0 bridgehead atoms. The number of nitrogens with zero attached hydrogens (tertiary/aromatic N) is 3. The van der Waals surface area contributed by atoms with Crippen molar-refractivity contribution in [1.29, 1.82) is 0 Å². The Bertz CT molecular complexity index is 2300. The smallest absolute Gasteiger partial charge is 0.280 e. The molecule has 296 valence electrons. The van der Waals surface area contributed by atoms with Crippen molar-refractivity contribution in [3.05, 3.63) is 143 Å². The number of carbonyl (C=O) groups excluding carboxylic acids is 1. The van der Waals surface area contributed by atoms with E-state index in [1.54, 1.807) is 62.8 Å². The summed E-state index contributed by atoms with van der Waals surface area (Å²) in [4.78, 5) is 39.3. The molecule has 4 aromatic carbocycles. The van der Waals surface area contributed by atoms with E-state index in [1.165, 1.54) is 10.9 Å². The first-order valence-electron chi connectivity index (χ1n) is 18.4. The zero-order chi connectivity index (χ0) is 40.3. The van der Waals surface area contributed by atoms with Gasteiger partial charge in [0.25, 0.3) is 5.56 Å². The molecule has 57 heavy (non-hydrogen) atoms. The number of ether oxygens (including phenoxy) is 5. The van der Waals surface area contributed by atoms with Crippen molar-refractivity contribution in [3.8, 4) is 17.2 Å². The van der Waals surface area contributed by atoms with Gasteiger partial charge in [0, 0.05) is 5.54 Å². The number of fused-ring (bicyclic) bond motifs is 1. The Morgan fingerprint density at radius 1 is 0.825 bits per heavy atom. The Morgan fingerprint density at radius 2 is 1.39 bits per heavy atom. The van der Waals surface area contributed by atoms with Gasteiger partial charge in [0.15, 0.2) is 23.5 Å². The minimum atomic E-state index is -1.67. The summed E-state index contributed by atoms with van der Waals surface area (Å²) in [5.74, 6) is 1.23. The van der Waals surface area contributed by atoms with Crippen LogP contribution in [-0.4, -0.2) is 86.3 Å². The summed E-state index contributed by atoms with van der Waals surface area (Å²) in [6.07, 6.45) is -6.37. The summed E-state index contributed by atoms with van der Waals surface area (Å²) < 4.78 is 32.0. The molecule has 5 atom stereocenters. The van der Waals surface area contributed by atoms with Crippen molar-refractivity contribution in [1.82, 2.24) is 19.5 Å². The molecule has 7 rings (SSSR count). The molecular weight excluding hydrogens is 730 g/mol. The third-order valence-electron chi connectivity index (χ3n) is 9.69. The second-order valence-electron chi connectivity index (χ2n) is 14.7. The highest BCUT2D eigenvalue weighted by atomic mass is 16.6. The largest absolute Gasteiger partial charge is 0.497 e. The van der Waals surface area contributed by atoms with Gasteiger partial charge >= 0.3 is 0 Å². The number of hydrogen-bond acceptors (Lipinski definition) is 12. The number of aliphatic hydroxyl groups is 2. The van der Waals surface area contributed by atoms with Crippen LogP contribution in [0.1, 0.15) is 43.7 Å². The summed E-state index contributed by atoms with van der Waals surface area (Å²) in [6.45, 7) is 5.26. The first kappa shape index (κ1) is 39.2. The molecule has 0 aliphatic carbocycles. The van der Waals surface area contributed by atoms with E-state index in [0.29, 0.717) is 33.9 Å². The molecule has 14 nitrogen and oxygen atoms in total. The van der Waals surface area contributed by atoms with E-state index in [1.807, 2.05) is 81.4 Å². The number of aromatic nitrogens is 4. The number of hydrogen-bond donors (Lipinski definition) is 4. The highest BCUT2D eigenvalue weighted by Gasteiger charge is 2.53. The minimum absolute atomic E-state index is 0.00885. The van der Waals surface area contributed by atoms with E-state index in [9.17, 15) is 19.8 Å². The average Bonchev–Trinajstić information content (AvgIpc) is 3.77. The maximum Gasteiger partial charge on any atom is 0.280 e. The lowest BCUT2D eigenvalue weighted by Gasteiger charge is -2.40. The highest BCUT2D eigenvalue weighted by molar-refractivity contribution is 5.85. The number of carbonyl (C=O) groups is 1. The summed E-state index contributed by atoms with van der Waals surface area (Å²) in [6, 6.07) is 32.7. The van der Waals surface area contributed by atoms with Crippen molar-refractivity contribution >= 4 is 22.9 Å². The van der Waals surface area contributed by atoms with Crippen molar-refractivity contribution in [2.75, 3.05) is 26.1 Å². The van der Waals surface area contributed by atoms with Gasteiger partial charge in [0.2, 0.25) is 11.7 Å². The number of methoxy groups -OCH3 is 2. The lowest BCUT2D eigenvalue weighted by molar-refractivity contribution is -0.167. The molecule has 0 saturated carbocycles. The number of H-pyrrole nitrogens is 1. The lowest BCUT2D eigenvalue weighted by Crippen LogP contribution is -2.50. The molecule has 4 N–H and O–H groups in total. The van der Waals surface area contributed by atoms with Crippen LogP contribution in [-0.2, 0) is 19.9 Å². The van der Waals surface area contributed by atoms with E-state index >= 15 is 0 Å². The molecule has 1 aliphatic rings. The summed E-state index contributed by atoms with van der Waals surface area (Å²) in [7, 11) is 3.14. The number of aromatic amines is 1. The Kier molecular flexibility index (Phi) is 11.1. The fraction of sp³-hybridized carbons (Fsp3) is 0.302. The Morgan fingerprint density at radius 3 is 1.95 bits per heavy atom.